The van der Waals surface area contributed by atoms with Gasteiger partial charge in [-0.25, -0.2) is 13.5 Å². The summed E-state index contributed by atoms with van der Waals surface area (Å²) in [6.45, 7) is 1.98. The molecule has 0 spiro atoms. The van der Waals surface area contributed by atoms with Gasteiger partial charge in [-0.15, -0.1) is 0 Å². The van der Waals surface area contributed by atoms with Crippen LogP contribution in [0.15, 0.2) is 6.33 Å². The molecule has 3 atom stereocenters. The molecule has 4 heterocycles. The van der Waals surface area contributed by atoms with Gasteiger partial charge in [0.2, 0.25) is 5.95 Å². The molecule has 0 bridgehead atoms. The van der Waals surface area contributed by atoms with Crippen molar-refractivity contribution in [2.24, 2.45) is 5.92 Å². The molecule has 1 aromatic rings. The fraction of sp³-hybridized carbons (Fsp3) is 0.812. The molecule has 0 radical (unpaired) electrons. The summed E-state index contributed by atoms with van der Waals surface area (Å²) >= 11 is 0. The van der Waals surface area contributed by atoms with Gasteiger partial charge in [-0.3, -0.25) is 4.79 Å². The molecular formula is C16H23F2N5O2. The van der Waals surface area contributed by atoms with Crippen molar-refractivity contribution in [3.8, 4) is 0 Å². The predicted octanol–water partition coefficient (Wildman–Crippen LogP) is 1.69. The molecular weight excluding hydrogens is 332 g/mol. The second-order valence-corrected chi connectivity index (χ2v) is 7.08. The maximum absolute atomic E-state index is 13.4. The Balaban J connectivity index is 1.37. The number of hydrogen-bond acceptors (Lipinski definition) is 5. The Kier molecular flexibility index (Phi) is 4.58. The first kappa shape index (κ1) is 16.7. The fourth-order valence-electron chi connectivity index (χ4n) is 4.20. The largest absolute Gasteiger partial charge is 0.368 e. The molecule has 3 aliphatic heterocycles. The van der Waals surface area contributed by atoms with Crippen LogP contribution in [0.2, 0.25) is 0 Å². The van der Waals surface area contributed by atoms with E-state index in [9.17, 15) is 13.6 Å². The van der Waals surface area contributed by atoms with E-state index in [0.717, 1.165) is 25.7 Å². The molecule has 9 heteroatoms. The lowest BCUT2D eigenvalue weighted by Gasteiger charge is -2.40. The van der Waals surface area contributed by atoms with Crippen molar-refractivity contribution in [1.82, 2.24) is 19.7 Å². The van der Waals surface area contributed by atoms with Crippen LogP contribution in [-0.2, 0) is 9.53 Å². The average molecular weight is 355 g/mol. The van der Waals surface area contributed by atoms with Gasteiger partial charge in [0.15, 0.2) is 0 Å². The van der Waals surface area contributed by atoms with Gasteiger partial charge in [-0.05, 0) is 38.0 Å². The molecule has 1 aromatic heterocycles. The highest BCUT2D eigenvalue weighted by Gasteiger charge is 2.39. The second kappa shape index (κ2) is 6.86. The van der Waals surface area contributed by atoms with Crippen LogP contribution in [0.3, 0.4) is 0 Å². The minimum absolute atomic E-state index is 0.0596. The first-order valence-corrected chi connectivity index (χ1v) is 8.98. The molecule has 0 saturated carbocycles. The third-order valence-corrected chi connectivity index (χ3v) is 5.61. The third kappa shape index (κ3) is 3.21. The molecule has 0 aromatic carbocycles. The number of amides is 1. The molecule has 4 rings (SSSR count). The molecule has 1 N–H and O–H groups in total. The molecule has 138 valence electrons. The van der Waals surface area contributed by atoms with Gasteiger partial charge in [0.1, 0.15) is 18.5 Å². The van der Waals surface area contributed by atoms with Crippen molar-refractivity contribution >= 4 is 11.9 Å². The highest BCUT2D eigenvalue weighted by atomic mass is 19.3. The van der Waals surface area contributed by atoms with Gasteiger partial charge in [0, 0.05) is 25.7 Å². The Hall–Kier alpha value is -1.77. The number of halogens is 2. The topological polar surface area (TPSA) is 72.3 Å². The number of piperidine rings is 1. The molecule has 1 amide bonds. The van der Waals surface area contributed by atoms with Crippen LogP contribution < -0.4 is 5.32 Å². The van der Waals surface area contributed by atoms with Gasteiger partial charge < -0.3 is 15.0 Å². The number of alkyl halides is 2. The van der Waals surface area contributed by atoms with E-state index in [1.807, 2.05) is 4.90 Å². The molecule has 0 aliphatic carbocycles. The van der Waals surface area contributed by atoms with E-state index in [4.69, 9.17) is 4.74 Å². The highest BCUT2D eigenvalue weighted by molar-refractivity contribution is 5.81. The fourth-order valence-corrected chi connectivity index (χ4v) is 4.20. The van der Waals surface area contributed by atoms with Gasteiger partial charge >= 0.3 is 0 Å². The molecule has 3 aliphatic rings. The van der Waals surface area contributed by atoms with Crippen molar-refractivity contribution in [3.63, 3.8) is 0 Å². The summed E-state index contributed by atoms with van der Waals surface area (Å²) in [5, 5.41) is 7.17. The maximum Gasteiger partial charge on any atom is 0.260 e. The van der Waals surface area contributed by atoms with Crippen LogP contribution in [0, 0.1) is 5.92 Å². The van der Waals surface area contributed by atoms with E-state index in [1.165, 1.54) is 11.0 Å². The number of ether oxygens (including phenoxy) is 1. The molecule has 0 unspecified atom stereocenters. The quantitative estimate of drug-likeness (QED) is 0.893. The standard InChI is InChI=1S/C16H23F2N5O2/c17-14(18)12-8-11(21-16-19-9-20-23(12)16)10-3-5-22(6-4-10)15(24)13-2-1-7-25-13/h9-14H,1-8H2,(H,19,20,21)/t11-,12+,13+/m0/s1. The van der Waals surface area contributed by atoms with E-state index >= 15 is 0 Å². The summed E-state index contributed by atoms with van der Waals surface area (Å²) in [5.74, 6) is 0.748. The molecule has 25 heavy (non-hydrogen) atoms. The van der Waals surface area contributed by atoms with Gasteiger partial charge in [-0.2, -0.15) is 10.1 Å². The van der Waals surface area contributed by atoms with Crippen LogP contribution in [-0.4, -0.2) is 63.8 Å². The van der Waals surface area contributed by atoms with Crippen LogP contribution in [0.4, 0.5) is 14.7 Å². The van der Waals surface area contributed by atoms with Crippen molar-refractivity contribution in [2.45, 2.75) is 56.7 Å². The smallest absolute Gasteiger partial charge is 0.260 e. The monoisotopic (exact) mass is 355 g/mol. The normalized spacial score (nSPS) is 30.4. The van der Waals surface area contributed by atoms with Gasteiger partial charge in [0.05, 0.1) is 0 Å². The zero-order chi connectivity index (χ0) is 17.4. The Morgan fingerprint density at radius 1 is 1.32 bits per heavy atom. The number of carbonyl (C=O) groups excluding carboxylic acids is 1. The molecule has 2 saturated heterocycles. The van der Waals surface area contributed by atoms with Crippen LogP contribution >= 0.6 is 0 Å². The Morgan fingerprint density at radius 3 is 2.80 bits per heavy atom. The summed E-state index contributed by atoms with van der Waals surface area (Å²) in [7, 11) is 0. The zero-order valence-electron chi connectivity index (χ0n) is 14.0. The van der Waals surface area contributed by atoms with E-state index in [-0.39, 0.29) is 24.0 Å². The minimum Gasteiger partial charge on any atom is -0.368 e. The highest BCUT2D eigenvalue weighted by Crippen LogP contribution is 2.35. The number of likely N-dealkylation sites (tertiary alicyclic amines) is 1. The Labute approximate surface area is 144 Å². The second-order valence-electron chi connectivity index (χ2n) is 7.08. The lowest BCUT2D eigenvalue weighted by atomic mass is 9.85. The number of carbonyl (C=O) groups is 1. The zero-order valence-corrected chi connectivity index (χ0v) is 14.0. The Bertz CT molecular complexity index is 611. The van der Waals surface area contributed by atoms with Crippen LogP contribution in [0.5, 0.6) is 0 Å². The number of rotatable bonds is 3. The van der Waals surface area contributed by atoms with Gasteiger partial charge in [-0.1, -0.05) is 0 Å². The van der Waals surface area contributed by atoms with Crippen molar-refractivity contribution in [3.05, 3.63) is 6.33 Å². The number of hydrogen-bond donors (Lipinski definition) is 1. The lowest BCUT2D eigenvalue weighted by molar-refractivity contribution is -0.142. The average Bonchev–Trinajstić information content (AvgIpc) is 3.31. The minimum atomic E-state index is -2.47. The van der Waals surface area contributed by atoms with Crippen LogP contribution in [0.1, 0.15) is 38.1 Å². The number of fused-ring (bicyclic) bond motifs is 1. The first-order valence-electron chi connectivity index (χ1n) is 8.98. The number of nitrogens with one attached hydrogen (secondary N) is 1. The van der Waals surface area contributed by atoms with E-state index < -0.39 is 12.5 Å². The van der Waals surface area contributed by atoms with Crippen molar-refractivity contribution in [2.75, 3.05) is 25.0 Å². The molecule has 7 nitrogen and oxygen atoms in total. The summed E-state index contributed by atoms with van der Waals surface area (Å²) in [6, 6.07) is -0.994. The lowest BCUT2D eigenvalue weighted by Crippen LogP contribution is -2.48. The third-order valence-electron chi connectivity index (χ3n) is 5.61. The SMILES string of the molecule is O=C([C@H]1CCCO1)N1CCC([C@@H]2C[C@H](C(F)F)n3ncnc3N2)CC1. The van der Waals surface area contributed by atoms with Crippen LogP contribution in [0.25, 0.3) is 0 Å². The van der Waals surface area contributed by atoms with Gasteiger partial charge in [0.25, 0.3) is 12.3 Å². The number of nitrogens with zero attached hydrogens (tertiary/aromatic N) is 4. The summed E-state index contributed by atoms with van der Waals surface area (Å²) in [4.78, 5) is 18.3. The Morgan fingerprint density at radius 2 is 2.12 bits per heavy atom. The summed E-state index contributed by atoms with van der Waals surface area (Å²) in [5.41, 5.74) is 0. The van der Waals surface area contributed by atoms with Crippen molar-refractivity contribution in [1.29, 1.82) is 0 Å². The predicted molar refractivity (Wildman–Crippen MR) is 85.4 cm³/mol. The number of anilines is 1. The summed E-state index contributed by atoms with van der Waals surface area (Å²) < 4.78 is 33.5. The maximum atomic E-state index is 13.4. The first-order chi connectivity index (χ1) is 12.1. The van der Waals surface area contributed by atoms with E-state index in [1.54, 1.807) is 0 Å². The number of aromatic nitrogens is 3. The molecule has 2 fully saturated rings. The van der Waals surface area contributed by atoms with E-state index in [0.29, 0.717) is 32.1 Å². The summed E-state index contributed by atoms with van der Waals surface area (Å²) in [6.07, 6.45) is 2.24. The van der Waals surface area contributed by atoms with Crippen molar-refractivity contribution < 1.29 is 18.3 Å². The van der Waals surface area contributed by atoms with E-state index in [2.05, 4.69) is 15.4 Å².